The fourth-order valence-corrected chi connectivity index (χ4v) is 2.57. The summed E-state index contributed by atoms with van der Waals surface area (Å²) in [5.41, 5.74) is 1.95. The first kappa shape index (κ1) is 12.9. The number of carbonyl (C=O) groups is 1. The Morgan fingerprint density at radius 3 is 2.39 bits per heavy atom. The molecule has 0 saturated carbocycles. The second-order valence-electron chi connectivity index (χ2n) is 4.69. The molecule has 1 aromatic carbocycles. The summed E-state index contributed by atoms with van der Waals surface area (Å²) in [6, 6.07) is 8.00. The lowest BCUT2D eigenvalue weighted by Gasteiger charge is -2.24. The van der Waals surface area contributed by atoms with Crippen molar-refractivity contribution in [2.75, 3.05) is 31.1 Å². The molecule has 1 amide bonds. The van der Waals surface area contributed by atoms with Crippen LogP contribution in [0.5, 0.6) is 0 Å². The van der Waals surface area contributed by atoms with Crippen molar-refractivity contribution in [2.24, 2.45) is 0 Å². The number of benzene rings is 1. The zero-order valence-electron chi connectivity index (χ0n) is 11.4. The van der Waals surface area contributed by atoms with Gasteiger partial charge in [-0.05, 0) is 38.8 Å². The molecule has 2 rings (SSSR count). The highest BCUT2D eigenvalue weighted by molar-refractivity contribution is 5.99. The smallest absolute Gasteiger partial charge is 0.255 e. The third-order valence-corrected chi connectivity index (χ3v) is 3.63. The van der Waals surface area contributed by atoms with Crippen LogP contribution in [0.1, 0.15) is 37.0 Å². The van der Waals surface area contributed by atoms with E-state index < -0.39 is 0 Å². The molecule has 1 saturated heterocycles. The molecular weight excluding hydrogens is 224 g/mol. The minimum atomic E-state index is 0.155. The number of anilines is 1. The topological polar surface area (TPSA) is 23.6 Å². The molecule has 18 heavy (non-hydrogen) atoms. The first-order valence-corrected chi connectivity index (χ1v) is 6.91. The minimum Gasteiger partial charge on any atom is -0.371 e. The number of amides is 1. The van der Waals surface area contributed by atoms with Crippen molar-refractivity contribution in [2.45, 2.75) is 26.7 Å². The summed E-state index contributed by atoms with van der Waals surface area (Å²) in [5.74, 6) is 0.155. The second-order valence-corrected chi connectivity index (χ2v) is 4.69. The SMILES string of the molecule is CCN(CC)C(=O)c1ccccc1N1CCCC1. The van der Waals surface area contributed by atoms with Gasteiger partial charge in [0.1, 0.15) is 0 Å². The van der Waals surface area contributed by atoms with Gasteiger partial charge >= 0.3 is 0 Å². The van der Waals surface area contributed by atoms with Crippen LogP contribution >= 0.6 is 0 Å². The van der Waals surface area contributed by atoms with Crippen molar-refractivity contribution < 1.29 is 4.79 Å². The standard InChI is InChI=1S/C15H22N2O/c1-3-16(4-2)15(18)13-9-5-6-10-14(13)17-11-7-8-12-17/h5-6,9-10H,3-4,7-8,11-12H2,1-2H3. The molecule has 98 valence electrons. The maximum absolute atomic E-state index is 12.5. The van der Waals surface area contributed by atoms with E-state index in [4.69, 9.17) is 0 Å². The molecule has 0 unspecified atom stereocenters. The zero-order valence-corrected chi connectivity index (χ0v) is 11.4. The van der Waals surface area contributed by atoms with Gasteiger partial charge in [0, 0.05) is 31.9 Å². The summed E-state index contributed by atoms with van der Waals surface area (Å²) >= 11 is 0. The first-order chi connectivity index (χ1) is 8.77. The Morgan fingerprint density at radius 1 is 1.17 bits per heavy atom. The Hall–Kier alpha value is -1.51. The van der Waals surface area contributed by atoms with Crippen molar-refractivity contribution >= 4 is 11.6 Å². The van der Waals surface area contributed by atoms with Crippen LogP contribution in [0.3, 0.4) is 0 Å². The van der Waals surface area contributed by atoms with E-state index in [1.807, 2.05) is 36.9 Å². The van der Waals surface area contributed by atoms with Crippen LogP contribution in [-0.2, 0) is 0 Å². The Labute approximate surface area is 109 Å². The van der Waals surface area contributed by atoms with Crippen LogP contribution in [0.2, 0.25) is 0 Å². The van der Waals surface area contributed by atoms with Crippen molar-refractivity contribution in [1.82, 2.24) is 4.90 Å². The van der Waals surface area contributed by atoms with Crippen LogP contribution in [0.25, 0.3) is 0 Å². The van der Waals surface area contributed by atoms with Gasteiger partial charge in [-0.3, -0.25) is 4.79 Å². The van der Waals surface area contributed by atoms with E-state index in [9.17, 15) is 4.79 Å². The largest absolute Gasteiger partial charge is 0.371 e. The molecule has 1 aromatic rings. The first-order valence-electron chi connectivity index (χ1n) is 6.91. The van der Waals surface area contributed by atoms with E-state index in [0.717, 1.165) is 37.4 Å². The summed E-state index contributed by atoms with van der Waals surface area (Å²) in [5, 5.41) is 0. The average molecular weight is 246 g/mol. The van der Waals surface area contributed by atoms with E-state index in [1.54, 1.807) is 0 Å². The third-order valence-electron chi connectivity index (χ3n) is 3.63. The van der Waals surface area contributed by atoms with Crippen LogP contribution < -0.4 is 4.90 Å². The van der Waals surface area contributed by atoms with Gasteiger partial charge in [0.15, 0.2) is 0 Å². The highest BCUT2D eigenvalue weighted by Gasteiger charge is 2.21. The Balaban J connectivity index is 2.29. The van der Waals surface area contributed by atoms with Gasteiger partial charge < -0.3 is 9.80 Å². The summed E-state index contributed by atoms with van der Waals surface area (Å²) in [7, 11) is 0. The van der Waals surface area contributed by atoms with Crippen LogP contribution in [0, 0.1) is 0 Å². The van der Waals surface area contributed by atoms with E-state index in [1.165, 1.54) is 12.8 Å². The molecule has 0 aliphatic carbocycles. The molecule has 0 N–H and O–H groups in total. The molecule has 3 nitrogen and oxygen atoms in total. The van der Waals surface area contributed by atoms with Crippen LogP contribution in [-0.4, -0.2) is 37.0 Å². The van der Waals surface area contributed by atoms with Crippen molar-refractivity contribution in [3.63, 3.8) is 0 Å². The number of hydrogen-bond acceptors (Lipinski definition) is 2. The normalized spacial score (nSPS) is 14.9. The number of nitrogens with zero attached hydrogens (tertiary/aromatic N) is 2. The fourth-order valence-electron chi connectivity index (χ4n) is 2.57. The quantitative estimate of drug-likeness (QED) is 0.815. The van der Waals surface area contributed by atoms with Gasteiger partial charge in [-0.2, -0.15) is 0 Å². The lowest BCUT2D eigenvalue weighted by Crippen LogP contribution is -2.32. The minimum absolute atomic E-state index is 0.155. The van der Waals surface area contributed by atoms with Gasteiger partial charge in [0.2, 0.25) is 0 Å². The Morgan fingerprint density at radius 2 is 1.78 bits per heavy atom. The molecule has 0 spiro atoms. The average Bonchev–Trinajstić information content (AvgIpc) is 2.94. The summed E-state index contributed by atoms with van der Waals surface area (Å²) in [6.45, 7) is 7.73. The Kier molecular flexibility index (Phi) is 4.24. The second kappa shape index (κ2) is 5.89. The molecule has 0 radical (unpaired) electrons. The van der Waals surface area contributed by atoms with Gasteiger partial charge in [-0.15, -0.1) is 0 Å². The van der Waals surface area contributed by atoms with Crippen molar-refractivity contribution in [3.05, 3.63) is 29.8 Å². The van der Waals surface area contributed by atoms with Crippen LogP contribution in [0.15, 0.2) is 24.3 Å². The van der Waals surface area contributed by atoms with Gasteiger partial charge in [-0.1, -0.05) is 12.1 Å². The predicted octanol–water partition coefficient (Wildman–Crippen LogP) is 2.77. The van der Waals surface area contributed by atoms with E-state index >= 15 is 0 Å². The summed E-state index contributed by atoms with van der Waals surface area (Å²) in [4.78, 5) is 16.7. The van der Waals surface area contributed by atoms with Gasteiger partial charge in [0.25, 0.3) is 5.91 Å². The predicted molar refractivity (Wildman–Crippen MR) is 75.1 cm³/mol. The molecule has 1 aliphatic rings. The number of para-hydroxylation sites is 1. The molecular formula is C15H22N2O. The molecule has 0 atom stereocenters. The lowest BCUT2D eigenvalue weighted by atomic mass is 10.1. The molecule has 1 aliphatic heterocycles. The maximum Gasteiger partial charge on any atom is 0.255 e. The third kappa shape index (κ3) is 2.50. The van der Waals surface area contributed by atoms with Gasteiger partial charge in [-0.25, -0.2) is 0 Å². The Bertz CT molecular complexity index is 407. The number of hydrogen-bond donors (Lipinski definition) is 0. The molecule has 0 bridgehead atoms. The van der Waals surface area contributed by atoms with Gasteiger partial charge in [0.05, 0.1) is 5.56 Å². The van der Waals surface area contributed by atoms with Crippen molar-refractivity contribution in [1.29, 1.82) is 0 Å². The maximum atomic E-state index is 12.5. The molecule has 3 heteroatoms. The number of carbonyl (C=O) groups excluding carboxylic acids is 1. The van der Waals surface area contributed by atoms with E-state index in [0.29, 0.717) is 0 Å². The van der Waals surface area contributed by atoms with Crippen LogP contribution in [0.4, 0.5) is 5.69 Å². The molecule has 0 aromatic heterocycles. The van der Waals surface area contributed by atoms with E-state index in [-0.39, 0.29) is 5.91 Å². The highest BCUT2D eigenvalue weighted by Crippen LogP contribution is 2.25. The summed E-state index contributed by atoms with van der Waals surface area (Å²) in [6.07, 6.45) is 2.46. The monoisotopic (exact) mass is 246 g/mol. The molecule has 1 fully saturated rings. The summed E-state index contributed by atoms with van der Waals surface area (Å²) < 4.78 is 0. The number of rotatable bonds is 4. The molecule has 1 heterocycles. The van der Waals surface area contributed by atoms with E-state index in [2.05, 4.69) is 11.0 Å². The fraction of sp³-hybridized carbons (Fsp3) is 0.533. The highest BCUT2D eigenvalue weighted by atomic mass is 16.2. The lowest BCUT2D eigenvalue weighted by molar-refractivity contribution is 0.0773. The zero-order chi connectivity index (χ0) is 13.0. The van der Waals surface area contributed by atoms with Crippen molar-refractivity contribution in [3.8, 4) is 0 Å².